The highest BCUT2D eigenvalue weighted by molar-refractivity contribution is 6.00. The van der Waals surface area contributed by atoms with Gasteiger partial charge in [0.15, 0.2) is 17.8 Å². The molecule has 4 aromatic rings. The summed E-state index contributed by atoms with van der Waals surface area (Å²) in [6.45, 7) is 2.23. The fraction of sp³-hybridized carbons (Fsp3) is 0.286. The molecule has 2 aromatic heterocycles. The lowest BCUT2D eigenvalue weighted by Crippen LogP contribution is -2.34. The summed E-state index contributed by atoms with van der Waals surface area (Å²) in [4.78, 5) is 12.1. The van der Waals surface area contributed by atoms with Gasteiger partial charge in [-0.3, -0.25) is 4.99 Å². The van der Waals surface area contributed by atoms with Crippen LogP contribution in [0.25, 0.3) is 33.4 Å². The Kier molecular flexibility index (Phi) is 5.42. The summed E-state index contributed by atoms with van der Waals surface area (Å²) in [5, 5.41) is 13.2. The van der Waals surface area contributed by atoms with Gasteiger partial charge in [0, 0.05) is 29.8 Å². The minimum Gasteiger partial charge on any atom is -0.470 e. The van der Waals surface area contributed by atoms with Crippen LogP contribution in [-0.2, 0) is 9.47 Å². The third-order valence-electron chi connectivity index (χ3n) is 7.12. The zero-order chi connectivity index (χ0) is 24.9. The number of aliphatic hydroxyl groups is 1. The van der Waals surface area contributed by atoms with Crippen molar-refractivity contribution < 1.29 is 23.7 Å². The van der Waals surface area contributed by atoms with Crippen molar-refractivity contribution >= 4 is 16.9 Å². The number of rotatable bonds is 5. The zero-order valence-electron chi connectivity index (χ0n) is 19.9. The first kappa shape index (κ1) is 22.4. The van der Waals surface area contributed by atoms with Gasteiger partial charge in [0.1, 0.15) is 29.8 Å². The van der Waals surface area contributed by atoms with Gasteiger partial charge < -0.3 is 29.6 Å². The average molecular weight is 501 g/mol. The molecule has 7 rings (SSSR count). The molecule has 188 valence electrons. The van der Waals surface area contributed by atoms with E-state index in [9.17, 15) is 5.11 Å². The first-order valence-corrected chi connectivity index (χ1v) is 12.4. The summed E-state index contributed by atoms with van der Waals surface area (Å²) in [6.07, 6.45) is -1.71. The van der Waals surface area contributed by atoms with Crippen LogP contribution in [0.15, 0.2) is 65.7 Å². The Morgan fingerprint density at radius 3 is 2.32 bits per heavy atom. The zero-order valence-corrected chi connectivity index (χ0v) is 19.9. The van der Waals surface area contributed by atoms with Crippen LogP contribution in [0.1, 0.15) is 5.56 Å². The molecule has 3 aliphatic heterocycles. The molecule has 2 fully saturated rings. The Bertz CT molecular complexity index is 1480. The monoisotopic (exact) mass is 500 g/mol. The number of hydrogen-bond donors (Lipinski definition) is 3. The van der Waals surface area contributed by atoms with Crippen LogP contribution in [-0.4, -0.2) is 71.6 Å². The maximum absolute atomic E-state index is 15.0. The van der Waals surface area contributed by atoms with E-state index in [0.29, 0.717) is 29.1 Å². The molecule has 2 saturated heterocycles. The Morgan fingerprint density at radius 1 is 0.892 bits per heavy atom. The van der Waals surface area contributed by atoms with Gasteiger partial charge in [-0.15, -0.1) is 0 Å². The van der Waals surface area contributed by atoms with Crippen molar-refractivity contribution in [2.45, 2.75) is 24.4 Å². The molecule has 0 spiro atoms. The Hall–Kier alpha value is -3.79. The molecular weight excluding hydrogens is 475 g/mol. The van der Waals surface area contributed by atoms with Gasteiger partial charge in [-0.2, -0.15) is 0 Å². The van der Waals surface area contributed by atoms with Crippen LogP contribution in [0.3, 0.4) is 0 Å². The molecule has 37 heavy (non-hydrogen) atoms. The van der Waals surface area contributed by atoms with Gasteiger partial charge in [-0.1, -0.05) is 48.5 Å². The van der Waals surface area contributed by atoms with Crippen molar-refractivity contribution in [3.05, 3.63) is 72.0 Å². The number of aliphatic hydroxyl groups excluding tert-OH is 1. The Morgan fingerprint density at radius 2 is 1.59 bits per heavy atom. The number of nitrogens with one attached hydrogen (secondary N) is 2. The largest absolute Gasteiger partial charge is 0.470 e. The molecule has 0 aliphatic carbocycles. The van der Waals surface area contributed by atoms with Crippen molar-refractivity contribution in [3.63, 3.8) is 0 Å². The summed E-state index contributed by atoms with van der Waals surface area (Å²) < 4.78 is 32.3. The van der Waals surface area contributed by atoms with E-state index in [2.05, 4.69) is 44.5 Å². The Labute approximate surface area is 212 Å². The number of benzene rings is 2. The van der Waals surface area contributed by atoms with Crippen molar-refractivity contribution in [3.8, 4) is 28.3 Å². The second kappa shape index (κ2) is 8.95. The molecule has 0 saturated carbocycles. The lowest BCUT2D eigenvalue weighted by molar-refractivity contribution is 0.00794. The standard InChI is InChI=1S/C28H25FN4O4/c29-19-11-20-21(12-24(32-20)37-23-14-36-26-22(34)13-35-27(23)26)33-25(19)17-5-1-15(2-6-17)16-3-7-18(8-4-16)28-30-9-10-31-28/h1-8,11-12,22-23,26-27,32,34H,9-10,13-14H2,(H,30,31)/t22-,23-,26-,27-/m1/s1. The first-order chi connectivity index (χ1) is 18.1. The van der Waals surface area contributed by atoms with E-state index in [0.717, 1.165) is 35.6 Å². The Balaban J connectivity index is 1.11. The number of aromatic nitrogens is 2. The average Bonchev–Trinajstić information content (AvgIpc) is 3.71. The number of halogens is 1. The minimum atomic E-state index is -0.644. The van der Waals surface area contributed by atoms with E-state index in [1.165, 1.54) is 6.07 Å². The smallest absolute Gasteiger partial charge is 0.193 e. The second-order valence-corrected chi connectivity index (χ2v) is 9.52. The van der Waals surface area contributed by atoms with E-state index in [1.807, 2.05) is 24.3 Å². The predicted octanol–water partition coefficient (Wildman–Crippen LogP) is 3.29. The van der Waals surface area contributed by atoms with Gasteiger partial charge in [-0.25, -0.2) is 9.37 Å². The molecule has 0 amide bonds. The van der Waals surface area contributed by atoms with Crippen LogP contribution in [0.4, 0.5) is 4.39 Å². The van der Waals surface area contributed by atoms with E-state index in [-0.39, 0.29) is 30.6 Å². The maximum Gasteiger partial charge on any atom is 0.193 e. The SMILES string of the molecule is O[C@@H]1CO[C@H]2[C@@H]1OC[C@H]2Oc1cc2nc(-c3ccc(-c4ccc(C5=NCCN5)cc4)cc3)c(F)cc2[nH]1. The molecule has 0 unspecified atom stereocenters. The fourth-order valence-electron chi connectivity index (χ4n) is 5.21. The summed E-state index contributed by atoms with van der Waals surface area (Å²) in [7, 11) is 0. The normalized spacial score (nSPS) is 24.8. The summed E-state index contributed by atoms with van der Waals surface area (Å²) in [5.41, 5.74) is 5.27. The van der Waals surface area contributed by atoms with Crippen molar-refractivity contribution in [1.82, 2.24) is 15.3 Å². The highest BCUT2D eigenvalue weighted by atomic mass is 19.1. The number of fused-ring (bicyclic) bond motifs is 2. The number of H-pyrrole nitrogens is 1. The topological polar surface area (TPSA) is 101 Å². The predicted molar refractivity (Wildman–Crippen MR) is 136 cm³/mol. The van der Waals surface area contributed by atoms with E-state index < -0.39 is 11.9 Å². The molecule has 5 heterocycles. The number of aliphatic imine (C=N–C) groups is 1. The number of aromatic amines is 1. The molecular formula is C28H25FN4O4. The fourth-order valence-corrected chi connectivity index (χ4v) is 5.21. The summed E-state index contributed by atoms with van der Waals surface area (Å²) in [5.74, 6) is 0.966. The molecule has 8 nitrogen and oxygen atoms in total. The molecule has 0 radical (unpaired) electrons. The van der Waals surface area contributed by atoms with Gasteiger partial charge in [0.25, 0.3) is 0 Å². The van der Waals surface area contributed by atoms with E-state index in [4.69, 9.17) is 14.2 Å². The number of amidine groups is 1. The number of hydrogen-bond acceptors (Lipinski definition) is 7. The third-order valence-corrected chi connectivity index (χ3v) is 7.12. The lowest BCUT2D eigenvalue weighted by atomic mass is 10.0. The van der Waals surface area contributed by atoms with Crippen molar-refractivity contribution in [2.75, 3.05) is 26.3 Å². The lowest BCUT2D eigenvalue weighted by Gasteiger charge is -2.16. The number of pyridine rings is 1. The quantitative estimate of drug-likeness (QED) is 0.389. The van der Waals surface area contributed by atoms with Gasteiger partial charge in [0.2, 0.25) is 0 Å². The van der Waals surface area contributed by atoms with E-state index in [1.54, 1.807) is 6.07 Å². The van der Waals surface area contributed by atoms with Crippen LogP contribution < -0.4 is 10.1 Å². The highest BCUT2D eigenvalue weighted by Gasteiger charge is 2.48. The van der Waals surface area contributed by atoms with Gasteiger partial charge in [-0.05, 0) is 11.1 Å². The maximum atomic E-state index is 15.0. The molecule has 3 aliphatic rings. The third kappa shape index (κ3) is 4.05. The van der Waals surface area contributed by atoms with Gasteiger partial charge in [0.05, 0.1) is 30.8 Å². The van der Waals surface area contributed by atoms with Gasteiger partial charge >= 0.3 is 0 Å². The van der Waals surface area contributed by atoms with Crippen LogP contribution in [0.5, 0.6) is 5.88 Å². The van der Waals surface area contributed by atoms with Crippen LogP contribution in [0.2, 0.25) is 0 Å². The molecule has 0 bridgehead atoms. The van der Waals surface area contributed by atoms with Crippen molar-refractivity contribution in [2.24, 2.45) is 4.99 Å². The number of ether oxygens (including phenoxy) is 3. The highest BCUT2D eigenvalue weighted by Crippen LogP contribution is 2.32. The molecule has 2 aromatic carbocycles. The van der Waals surface area contributed by atoms with Crippen molar-refractivity contribution in [1.29, 1.82) is 0 Å². The molecule has 9 heteroatoms. The minimum absolute atomic E-state index is 0.232. The molecule has 4 atom stereocenters. The number of nitrogens with zero attached hydrogens (tertiary/aromatic N) is 2. The van der Waals surface area contributed by atoms with E-state index >= 15 is 4.39 Å². The van der Waals surface area contributed by atoms with Crippen LogP contribution in [0, 0.1) is 5.82 Å². The summed E-state index contributed by atoms with van der Waals surface area (Å²) in [6, 6.07) is 19.1. The molecule has 3 N–H and O–H groups in total. The first-order valence-electron chi connectivity index (χ1n) is 12.4. The summed E-state index contributed by atoms with van der Waals surface area (Å²) >= 11 is 0. The second-order valence-electron chi connectivity index (χ2n) is 9.52. The van der Waals surface area contributed by atoms with Crippen LogP contribution >= 0.6 is 0 Å².